The molecule has 0 spiro atoms. The molecule has 0 aliphatic rings. The van der Waals surface area contributed by atoms with Crippen molar-refractivity contribution >= 4 is 12.0 Å². The Morgan fingerprint density at radius 2 is 1.88 bits per heavy atom. The summed E-state index contributed by atoms with van der Waals surface area (Å²) in [4.78, 5) is 24.0. The number of aliphatic carboxylic acids is 1. The Labute approximate surface area is 96.8 Å². The molecule has 0 aromatic carbocycles. The van der Waals surface area contributed by atoms with E-state index in [0.29, 0.717) is 13.0 Å². The number of hydrogen-bond donors (Lipinski definition) is 2. The van der Waals surface area contributed by atoms with Crippen LogP contribution in [0.4, 0.5) is 4.79 Å². The van der Waals surface area contributed by atoms with Gasteiger partial charge in [0.05, 0.1) is 6.42 Å². The van der Waals surface area contributed by atoms with Crippen molar-refractivity contribution in [2.45, 2.75) is 52.6 Å². The lowest BCUT2D eigenvalue weighted by Gasteiger charge is -2.27. The van der Waals surface area contributed by atoms with E-state index in [2.05, 4.69) is 5.32 Å². The van der Waals surface area contributed by atoms with Crippen LogP contribution in [0.3, 0.4) is 0 Å². The third kappa shape index (κ3) is 5.00. The predicted octanol–water partition coefficient (Wildman–Crippen LogP) is 1.68. The van der Waals surface area contributed by atoms with Crippen molar-refractivity contribution < 1.29 is 14.7 Å². The van der Waals surface area contributed by atoms with Crippen LogP contribution in [0.25, 0.3) is 0 Å². The highest BCUT2D eigenvalue weighted by Gasteiger charge is 2.19. The average Bonchev–Trinajstić information content (AvgIpc) is 2.16. The van der Waals surface area contributed by atoms with Crippen molar-refractivity contribution in [1.29, 1.82) is 0 Å². The number of amides is 2. The summed E-state index contributed by atoms with van der Waals surface area (Å²) in [7, 11) is 0. The summed E-state index contributed by atoms with van der Waals surface area (Å²) in [5, 5.41) is 11.4. The Kier molecular flexibility index (Phi) is 6.53. The zero-order chi connectivity index (χ0) is 12.7. The molecule has 16 heavy (non-hydrogen) atoms. The molecule has 0 saturated heterocycles. The SMILES string of the molecule is CCC(CC(=O)O)NC(=O)N(CC)C(C)C. The number of carbonyl (C=O) groups excluding carboxylic acids is 1. The third-order valence-electron chi connectivity index (χ3n) is 2.47. The fraction of sp³-hybridized carbons (Fsp3) is 0.818. The molecule has 0 aromatic heterocycles. The maximum Gasteiger partial charge on any atom is 0.317 e. The van der Waals surface area contributed by atoms with Crippen LogP contribution < -0.4 is 5.32 Å². The van der Waals surface area contributed by atoms with E-state index >= 15 is 0 Å². The van der Waals surface area contributed by atoms with Gasteiger partial charge in [-0.2, -0.15) is 0 Å². The predicted molar refractivity (Wildman–Crippen MR) is 62.4 cm³/mol. The Balaban J connectivity index is 4.33. The highest BCUT2D eigenvalue weighted by atomic mass is 16.4. The van der Waals surface area contributed by atoms with Crippen LogP contribution in [-0.4, -0.2) is 40.6 Å². The summed E-state index contributed by atoms with van der Waals surface area (Å²) in [5.74, 6) is -0.889. The Hall–Kier alpha value is -1.26. The van der Waals surface area contributed by atoms with Crippen molar-refractivity contribution in [3.63, 3.8) is 0 Å². The highest BCUT2D eigenvalue weighted by Crippen LogP contribution is 2.02. The topological polar surface area (TPSA) is 69.6 Å². The summed E-state index contributed by atoms with van der Waals surface area (Å²) < 4.78 is 0. The van der Waals surface area contributed by atoms with E-state index in [4.69, 9.17) is 5.11 Å². The first-order chi connectivity index (χ1) is 7.42. The van der Waals surface area contributed by atoms with Crippen molar-refractivity contribution in [3.05, 3.63) is 0 Å². The highest BCUT2D eigenvalue weighted by molar-refractivity contribution is 5.76. The lowest BCUT2D eigenvalue weighted by Crippen LogP contribution is -2.48. The van der Waals surface area contributed by atoms with Crippen LogP contribution in [-0.2, 0) is 4.79 Å². The molecule has 5 heteroatoms. The van der Waals surface area contributed by atoms with Crippen LogP contribution in [0, 0.1) is 0 Å². The number of urea groups is 1. The van der Waals surface area contributed by atoms with Crippen molar-refractivity contribution in [2.75, 3.05) is 6.54 Å². The number of carboxylic acids is 1. The maximum absolute atomic E-state index is 11.8. The van der Waals surface area contributed by atoms with Crippen molar-refractivity contribution in [1.82, 2.24) is 10.2 Å². The molecule has 2 N–H and O–H groups in total. The van der Waals surface area contributed by atoms with Gasteiger partial charge in [0.2, 0.25) is 0 Å². The first-order valence-electron chi connectivity index (χ1n) is 5.71. The largest absolute Gasteiger partial charge is 0.481 e. The van der Waals surface area contributed by atoms with Gasteiger partial charge in [0.1, 0.15) is 0 Å². The summed E-state index contributed by atoms with van der Waals surface area (Å²) >= 11 is 0. The van der Waals surface area contributed by atoms with Gasteiger partial charge in [0.15, 0.2) is 0 Å². The molecule has 2 amide bonds. The van der Waals surface area contributed by atoms with Crippen LogP contribution in [0.5, 0.6) is 0 Å². The Morgan fingerprint density at radius 1 is 1.31 bits per heavy atom. The summed E-state index contributed by atoms with van der Waals surface area (Å²) in [6, 6.07) is -0.365. The molecule has 1 atom stereocenters. The van der Waals surface area contributed by atoms with E-state index in [1.165, 1.54) is 0 Å². The van der Waals surface area contributed by atoms with Gasteiger partial charge in [0, 0.05) is 18.6 Å². The third-order valence-corrected chi connectivity index (χ3v) is 2.47. The van der Waals surface area contributed by atoms with E-state index in [1.54, 1.807) is 4.90 Å². The fourth-order valence-corrected chi connectivity index (χ4v) is 1.51. The summed E-state index contributed by atoms with van der Waals surface area (Å²) in [6.07, 6.45) is 0.589. The van der Waals surface area contributed by atoms with Gasteiger partial charge in [-0.3, -0.25) is 4.79 Å². The minimum absolute atomic E-state index is 0.0299. The molecule has 0 rings (SSSR count). The van der Waals surface area contributed by atoms with Crippen molar-refractivity contribution in [2.24, 2.45) is 0 Å². The lowest BCUT2D eigenvalue weighted by atomic mass is 10.1. The zero-order valence-electron chi connectivity index (χ0n) is 10.5. The molecule has 0 aromatic rings. The Bertz CT molecular complexity index is 241. The molecular formula is C11H22N2O3. The normalized spacial score (nSPS) is 12.3. The average molecular weight is 230 g/mol. The number of nitrogens with zero attached hydrogens (tertiary/aromatic N) is 1. The monoisotopic (exact) mass is 230 g/mol. The molecule has 0 aliphatic heterocycles. The van der Waals surface area contributed by atoms with Gasteiger partial charge in [-0.05, 0) is 27.2 Å². The first kappa shape index (κ1) is 14.7. The standard InChI is InChI=1S/C11H22N2O3/c1-5-9(7-10(14)15)12-11(16)13(6-2)8(3)4/h8-9H,5-7H2,1-4H3,(H,12,16)(H,14,15). The Morgan fingerprint density at radius 3 is 2.19 bits per heavy atom. The van der Waals surface area contributed by atoms with Gasteiger partial charge >= 0.3 is 12.0 Å². The molecule has 0 saturated carbocycles. The number of rotatable bonds is 6. The smallest absolute Gasteiger partial charge is 0.317 e. The van der Waals surface area contributed by atoms with Gasteiger partial charge in [-0.15, -0.1) is 0 Å². The number of carboxylic acid groups (broad SMARTS) is 1. The second-order valence-electron chi connectivity index (χ2n) is 4.03. The molecule has 1 unspecified atom stereocenters. The molecular weight excluding hydrogens is 208 g/mol. The molecule has 5 nitrogen and oxygen atoms in total. The van der Waals surface area contributed by atoms with Gasteiger partial charge in [-0.25, -0.2) is 4.79 Å². The van der Waals surface area contributed by atoms with Gasteiger partial charge < -0.3 is 15.3 Å². The number of carbonyl (C=O) groups is 2. The van der Waals surface area contributed by atoms with Gasteiger partial charge in [0.25, 0.3) is 0 Å². The summed E-state index contributed by atoms with van der Waals surface area (Å²) in [5.41, 5.74) is 0. The fourth-order valence-electron chi connectivity index (χ4n) is 1.51. The molecule has 94 valence electrons. The molecule has 0 fully saturated rings. The van der Waals surface area contributed by atoms with Crippen LogP contribution in [0.15, 0.2) is 0 Å². The van der Waals surface area contributed by atoms with E-state index in [1.807, 2.05) is 27.7 Å². The lowest BCUT2D eigenvalue weighted by molar-refractivity contribution is -0.137. The molecule has 0 bridgehead atoms. The number of hydrogen-bond acceptors (Lipinski definition) is 2. The van der Waals surface area contributed by atoms with E-state index in [0.717, 1.165) is 0 Å². The van der Waals surface area contributed by atoms with E-state index < -0.39 is 5.97 Å². The van der Waals surface area contributed by atoms with Crippen molar-refractivity contribution in [3.8, 4) is 0 Å². The maximum atomic E-state index is 11.8. The van der Waals surface area contributed by atoms with Crippen LogP contribution >= 0.6 is 0 Å². The first-order valence-corrected chi connectivity index (χ1v) is 5.71. The number of nitrogens with one attached hydrogen (secondary N) is 1. The molecule has 0 heterocycles. The molecule has 0 radical (unpaired) electrons. The van der Waals surface area contributed by atoms with Crippen LogP contribution in [0.1, 0.15) is 40.5 Å². The molecule has 0 aliphatic carbocycles. The van der Waals surface area contributed by atoms with E-state index in [9.17, 15) is 9.59 Å². The second kappa shape index (κ2) is 7.09. The van der Waals surface area contributed by atoms with E-state index in [-0.39, 0.29) is 24.5 Å². The minimum Gasteiger partial charge on any atom is -0.481 e. The second-order valence-corrected chi connectivity index (χ2v) is 4.03. The summed E-state index contributed by atoms with van der Waals surface area (Å²) in [6.45, 7) is 8.24. The zero-order valence-corrected chi connectivity index (χ0v) is 10.5. The quantitative estimate of drug-likeness (QED) is 0.729. The van der Waals surface area contributed by atoms with Gasteiger partial charge in [-0.1, -0.05) is 6.92 Å². The van der Waals surface area contributed by atoms with Crippen LogP contribution in [0.2, 0.25) is 0 Å². The minimum atomic E-state index is -0.889.